The van der Waals surface area contributed by atoms with Crippen LogP contribution in [-0.2, 0) is 14.3 Å². The summed E-state index contributed by atoms with van der Waals surface area (Å²) in [5.74, 6) is -1.16. The van der Waals surface area contributed by atoms with E-state index in [4.69, 9.17) is 14.6 Å². The maximum absolute atomic E-state index is 12.0. The van der Waals surface area contributed by atoms with Crippen LogP contribution in [0.15, 0.2) is 0 Å². The number of aliphatic carboxylic acids is 1. The molecule has 2 N–H and O–H groups in total. The maximum atomic E-state index is 12.0. The third kappa shape index (κ3) is 5.10. The molecule has 1 rings (SSSR count). The Bertz CT molecular complexity index is 381. The van der Waals surface area contributed by atoms with Crippen molar-refractivity contribution in [3.8, 4) is 0 Å². The van der Waals surface area contributed by atoms with E-state index in [1.807, 2.05) is 0 Å². The van der Waals surface area contributed by atoms with E-state index in [9.17, 15) is 14.4 Å². The quantitative estimate of drug-likeness (QED) is 0.713. The zero-order valence-corrected chi connectivity index (χ0v) is 12.2. The van der Waals surface area contributed by atoms with Gasteiger partial charge in [-0.05, 0) is 6.92 Å². The van der Waals surface area contributed by atoms with Crippen molar-refractivity contribution in [1.29, 1.82) is 0 Å². The van der Waals surface area contributed by atoms with E-state index in [-0.39, 0.29) is 6.61 Å². The first-order chi connectivity index (χ1) is 9.99. The van der Waals surface area contributed by atoms with Gasteiger partial charge in [-0.25, -0.2) is 14.4 Å². The predicted molar refractivity (Wildman–Crippen MR) is 72.0 cm³/mol. The van der Waals surface area contributed by atoms with Crippen LogP contribution in [0.25, 0.3) is 0 Å². The van der Waals surface area contributed by atoms with E-state index >= 15 is 0 Å². The molecule has 1 atom stereocenters. The molecule has 0 radical (unpaired) electrons. The van der Waals surface area contributed by atoms with Gasteiger partial charge in [-0.1, -0.05) is 0 Å². The number of piperazine rings is 1. The smallest absolute Gasteiger partial charge is 0.409 e. The molecular formula is C12H21N3O6. The molecule has 0 aromatic heterocycles. The number of methoxy groups -OCH3 is 1. The van der Waals surface area contributed by atoms with Gasteiger partial charge in [0.05, 0.1) is 13.2 Å². The molecule has 9 heteroatoms. The zero-order valence-electron chi connectivity index (χ0n) is 12.2. The van der Waals surface area contributed by atoms with E-state index < -0.39 is 24.1 Å². The number of hydrogen-bond donors (Lipinski definition) is 2. The Morgan fingerprint density at radius 2 is 1.76 bits per heavy atom. The first-order valence-electron chi connectivity index (χ1n) is 6.68. The van der Waals surface area contributed by atoms with Crippen molar-refractivity contribution in [2.75, 3.05) is 46.5 Å². The van der Waals surface area contributed by atoms with Crippen LogP contribution in [0.1, 0.15) is 6.92 Å². The summed E-state index contributed by atoms with van der Waals surface area (Å²) < 4.78 is 9.62. The van der Waals surface area contributed by atoms with Gasteiger partial charge in [-0.3, -0.25) is 0 Å². The van der Waals surface area contributed by atoms with Crippen molar-refractivity contribution in [2.45, 2.75) is 13.0 Å². The van der Waals surface area contributed by atoms with Crippen molar-refractivity contribution in [1.82, 2.24) is 15.1 Å². The minimum atomic E-state index is -1.16. The summed E-state index contributed by atoms with van der Waals surface area (Å²) in [6, 6.07) is -1.58. The lowest BCUT2D eigenvalue weighted by Crippen LogP contribution is -2.56. The van der Waals surface area contributed by atoms with Crippen molar-refractivity contribution in [3.63, 3.8) is 0 Å². The van der Waals surface area contributed by atoms with Gasteiger partial charge < -0.3 is 29.7 Å². The fourth-order valence-electron chi connectivity index (χ4n) is 1.89. The molecule has 1 aliphatic rings. The second-order valence-corrected chi connectivity index (χ2v) is 4.47. The fraction of sp³-hybridized carbons (Fsp3) is 0.750. The van der Waals surface area contributed by atoms with Crippen molar-refractivity contribution >= 4 is 18.1 Å². The Morgan fingerprint density at radius 1 is 1.19 bits per heavy atom. The van der Waals surface area contributed by atoms with Crippen molar-refractivity contribution < 1.29 is 29.0 Å². The molecule has 1 saturated heterocycles. The number of carboxylic acid groups (broad SMARTS) is 1. The molecule has 120 valence electrons. The summed E-state index contributed by atoms with van der Waals surface area (Å²) in [7, 11) is 1.36. The highest BCUT2D eigenvalue weighted by Crippen LogP contribution is 2.04. The highest BCUT2D eigenvalue weighted by molar-refractivity contribution is 5.82. The predicted octanol–water partition coefficient (Wildman–Crippen LogP) is -0.430. The third-order valence-corrected chi connectivity index (χ3v) is 3.02. The van der Waals surface area contributed by atoms with Crippen LogP contribution in [0, 0.1) is 0 Å². The average molecular weight is 303 g/mol. The standard InChI is InChI=1S/C12H21N3O6/c1-3-21-12(19)15-6-4-14(5-7-15)11(18)13-9(8-20-2)10(16)17/h9H,3-8H2,1-2H3,(H,13,18)(H,16,17). The molecule has 21 heavy (non-hydrogen) atoms. The Morgan fingerprint density at radius 3 is 2.24 bits per heavy atom. The molecule has 0 bridgehead atoms. The zero-order chi connectivity index (χ0) is 15.8. The Balaban J connectivity index is 2.44. The molecule has 0 aliphatic carbocycles. The summed E-state index contributed by atoms with van der Waals surface area (Å²) in [6.07, 6.45) is -0.402. The van der Waals surface area contributed by atoms with Crippen molar-refractivity contribution in [3.05, 3.63) is 0 Å². The van der Waals surface area contributed by atoms with Crippen LogP contribution < -0.4 is 5.32 Å². The number of nitrogens with zero attached hydrogens (tertiary/aromatic N) is 2. The summed E-state index contributed by atoms with van der Waals surface area (Å²) in [6.45, 7) is 3.28. The molecule has 1 heterocycles. The second kappa shape index (κ2) is 8.30. The number of carboxylic acids is 1. The number of hydrogen-bond acceptors (Lipinski definition) is 5. The molecule has 0 aromatic carbocycles. The van der Waals surface area contributed by atoms with Crippen LogP contribution >= 0.6 is 0 Å². The number of urea groups is 1. The average Bonchev–Trinajstić information content (AvgIpc) is 2.47. The van der Waals surface area contributed by atoms with Gasteiger partial charge >= 0.3 is 18.1 Å². The van der Waals surface area contributed by atoms with Crippen LogP contribution in [0.4, 0.5) is 9.59 Å². The number of nitrogens with one attached hydrogen (secondary N) is 1. The fourth-order valence-corrected chi connectivity index (χ4v) is 1.89. The maximum Gasteiger partial charge on any atom is 0.409 e. The normalized spacial score (nSPS) is 16.3. The Labute approximate surface area is 122 Å². The molecule has 0 aromatic rings. The van der Waals surface area contributed by atoms with Crippen LogP contribution in [0.2, 0.25) is 0 Å². The molecule has 1 aliphatic heterocycles. The van der Waals surface area contributed by atoms with Crippen molar-refractivity contribution in [2.24, 2.45) is 0 Å². The third-order valence-electron chi connectivity index (χ3n) is 3.02. The number of ether oxygens (including phenoxy) is 2. The number of carbonyl (C=O) groups is 3. The lowest BCUT2D eigenvalue weighted by Gasteiger charge is -2.34. The molecule has 1 fully saturated rings. The van der Waals surface area contributed by atoms with E-state index in [0.29, 0.717) is 32.8 Å². The Hall–Kier alpha value is -2.03. The number of carbonyl (C=O) groups excluding carboxylic acids is 2. The number of amides is 3. The monoisotopic (exact) mass is 303 g/mol. The molecule has 9 nitrogen and oxygen atoms in total. The molecule has 0 saturated carbocycles. The second-order valence-electron chi connectivity index (χ2n) is 4.47. The van der Waals surface area contributed by atoms with Crippen LogP contribution in [-0.4, -0.2) is 85.5 Å². The summed E-state index contributed by atoms with van der Waals surface area (Å²) in [5, 5.41) is 11.3. The van der Waals surface area contributed by atoms with Gasteiger partial charge in [-0.2, -0.15) is 0 Å². The van der Waals surface area contributed by atoms with Gasteiger partial charge in [0.25, 0.3) is 0 Å². The van der Waals surface area contributed by atoms with Gasteiger partial charge in [-0.15, -0.1) is 0 Å². The van der Waals surface area contributed by atoms with Gasteiger partial charge in [0.1, 0.15) is 0 Å². The topological polar surface area (TPSA) is 108 Å². The lowest BCUT2D eigenvalue weighted by molar-refractivity contribution is -0.140. The lowest BCUT2D eigenvalue weighted by atomic mass is 10.3. The molecular weight excluding hydrogens is 282 g/mol. The molecule has 0 spiro atoms. The Kier molecular flexibility index (Phi) is 6.73. The van der Waals surface area contributed by atoms with Gasteiger partial charge in [0.15, 0.2) is 6.04 Å². The molecule has 1 unspecified atom stereocenters. The summed E-state index contributed by atoms with van der Waals surface area (Å²) in [5.41, 5.74) is 0. The number of rotatable bonds is 5. The minimum absolute atomic E-state index is 0.107. The summed E-state index contributed by atoms with van der Waals surface area (Å²) in [4.78, 5) is 37.4. The summed E-state index contributed by atoms with van der Waals surface area (Å²) >= 11 is 0. The largest absolute Gasteiger partial charge is 0.480 e. The van der Waals surface area contributed by atoms with E-state index in [2.05, 4.69) is 5.32 Å². The van der Waals surface area contributed by atoms with E-state index in [1.165, 1.54) is 16.9 Å². The first kappa shape index (κ1) is 17.0. The van der Waals surface area contributed by atoms with Gasteiger partial charge in [0, 0.05) is 33.3 Å². The van der Waals surface area contributed by atoms with E-state index in [0.717, 1.165) is 0 Å². The minimum Gasteiger partial charge on any atom is -0.480 e. The SMILES string of the molecule is CCOC(=O)N1CCN(C(=O)NC(COC)C(=O)O)CC1. The van der Waals surface area contributed by atoms with Gasteiger partial charge in [0.2, 0.25) is 0 Å². The van der Waals surface area contributed by atoms with Crippen LogP contribution in [0.3, 0.4) is 0 Å². The first-order valence-corrected chi connectivity index (χ1v) is 6.68. The highest BCUT2D eigenvalue weighted by Gasteiger charge is 2.27. The molecule has 3 amide bonds. The van der Waals surface area contributed by atoms with E-state index in [1.54, 1.807) is 6.92 Å². The van der Waals surface area contributed by atoms with Crippen LogP contribution in [0.5, 0.6) is 0 Å². The highest BCUT2D eigenvalue weighted by atomic mass is 16.6.